The van der Waals surface area contributed by atoms with Crippen molar-refractivity contribution < 1.29 is 19.1 Å². The van der Waals surface area contributed by atoms with E-state index in [-0.39, 0.29) is 17.6 Å². The van der Waals surface area contributed by atoms with Crippen molar-refractivity contribution in [1.82, 2.24) is 14.8 Å². The van der Waals surface area contributed by atoms with Crippen molar-refractivity contribution >= 4 is 63.2 Å². The summed E-state index contributed by atoms with van der Waals surface area (Å²) < 4.78 is 12.8. The van der Waals surface area contributed by atoms with Crippen molar-refractivity contribution in [2.75, 3.05) is 24.3 Å². The number of ether oxygens (including phenoxy) is 2. The third-order valence-electron chi connectivity index (χ3n) is 5.61. The van der Waals surface area contributed by atoms with Gasteiger partial charge in [-0.25, -0.2) is 4.79 Å². The Kier molecular flexibility index (Phi) is 9.16. The second-order valence-corrected chi connectivity index (χ2v) is 11.0. The van der Waals surface area contributed by atoms with Crippen LogP contribution < -0.4 is 10.1 Å². The Labute approximate surface area is 227 Å². The van der Waals surface area contributed by atoms with Gasteiger partial charge in [0.25, 0.3) is 0 Å². The highest BCUT2D eigenvalue weighted by Gasteiger charge is 2.28. The Balaban J connectivity index is 1.28. The van der Waals surface area contributed by atoms with Gasteiger partial charge in [-0.2, -0.15) is 0 Å². The molecule has 0 radical (unpaired) electrons. The summed E-state index contributed by atoms with van der Waals surface area (Å²) in [5, 5.41) is 13.6. The fourth-order valence-corrected chi connectivity index (χ4v) is 6.38. The standard InChI is InChI=1S/C24H26Cl2N4O4S2/c1-3-33-23(32)21-15-6-4-7-18(15)36-22(21)27-20(31)13-35-24-29-28-19(30(24)2)8-5-11-34-17-10-9-14(25)12-16(17)26/h9-10,12H,3-8,11,13H2,1-2H3,(H,27,31). The first-order valence-corrected chi connectivity index (χ1v) is 14.1. The summed E-state index contributed by atoms with van der Waals surface area (Å²) in [5.41, 5.74) is 1.53. The molecule has 12 heteroatoms. The molecule has 1 aliphatic rings. The molecule has 0 bridgehead atoms. The number of nitrogens with zero attached hydrogens (tertiary/aromatic N) is 3. The fourth-order valence-electron chi connectivity index (χ4n) is 3.90. The van der Waals surface area contributed by atoms with Gasteiger partial charge < -0.3 is 19.4 Å². The number of anilines is 1. The first-order chi connectivity index (χ1) is 17.4. The average Bonchev–Trinajstić information content (AvgIpc) is 3.51. The van der Waals surface area contributed by atoms with Gasteiger partial charge in [0.15, 0.2) is 5.16 Å². The Morgan fingerprint density at radius 2 is 2.08 bits per heavy atom. The molecular formula is C24H26Cl2N4O4S2. The third-order valence-corrected chi connectivity index (χ3v) is 8.37. The number of aromatic nitrogens is 3. The molecule has 1 N–H and O–H groups in total. The smallest absolute Gasteiger partial charge is 0.341 e. The maximum Gasteiger partial charge on any atom is 0.341 e. The van der Waals surface area contributed by atoms with Gasteiger partial charge in [0.1, 0.15) is 16.6 Å². The Morgan fingerprint density at radius 3 is 2.86 bits per heavy atom. The average molecular weight is 570 g/mol. The first-order valence-electron chi connectivity index (χ1n) is 11.6. The molecule has 0 saturated carbocycles. The number of rotatable bonds is 11. The molecule has 1 amide bonds. The number of amides is 1. The minimum Gasteiger partial charge on any atom is -0.492 e. The summed E-state index contributed by atoms with van der Waals surface area (Å²) in [6, 6.07) is 5.12. The molecule has 2 heterocycles. The van der Waals surface area contributed by atoms with Crippen LogP contribution in [0, 0.1) is 0 Å². The van der Waals surface area contributed by atoms with Gasteiger partial charge in [0.2, 0.25) is 5.91 Å². The molecule has 0 spiro atoms. The Hall–Kier alpha value is -2.27. The van der Waals surface area contributed by atoms with Crippen LogP contribution >= 0.6 is 46.3 Å². The highest BCUT2D eigenvalue weighted by atomic mass is 35.5. The lowest BCUT2D eigenvalue weighted by atomic mass is 10.1. The maximum atomic E-state index is 12.7. The summed E-state index contributed by atoms with van der Waals surface area (Å²) in [6.07, 6.45) is 4.16. The number of halogens is 2. The minimum atomic E-state index is -0.375. The van der Waals surface area contributed by atoms with Crippen molar-refractivity contribution in [1.29, 1.82) is 0 Å². The predicted molar refractivity (Wildman–Crippen MR) is 143 cm³/mol. The van der Waals surface area contributed by atoms with Crippen LogP contribution in [0.5, 0.6) is 5.75 Å². The van der Waals surface area contributed by atoms with Gasteiger partial charge >= 0.3 is 5.97 Å². The van der Waals surface area contributed by atoms with E-state index in [0.29, 0.717) is 51.2 Å². The summed E-state index contributed by atoms with van der Waals surface area (Å²) >= 11 is 14.8. The monoisotopic (exact) mass is 568 g/mol. The summed E-state index contributed by atoms with van der Waals surface area (Å²) in [7, 11) is 1.87. The van der Waals surface area contributed by atoms with Gasteiger partial charge in [-0.05, 0) is 56.4 Å². The van der Waals surface area contributed by atoms with Crippen LogP contribution in [0.15, 0.2) is 23.4 Å². The van der Waals surface area contributed by atoms with Crippen LogP contribution in [0.1, 0.15) is 46.4 Å². The molecule has 0 atom stereocenters. The van der Waals surface area contributed by atoms with Gasteiger partial charge in [-0.3, -0.25) is 4.79 Å². The number of thiophene rings is 1. The number of thioether (sulfide) groups is 1. The third kappa shape index (κ3) is 6.34. The molecule has 8 nitrogen and oxygen atoms in total. The van der Waals surface area contributed by atoms with E-state index >= 15 is 0 Å². The first kappa shape index (κ1) is 26.8. The predicted octanol–water partition coefficient (Wildman–Crippen LogP) is 5.59. The van der Waals surface area contributed by atoms with Crippen LogP contribution in [0.4, 0.5) is 5.00 Å². The zero-order valence-corrected chi connectivity index (χ0v) is 23.1. The molecule has 0 aliphatic heterocycles. The van der Waals surface area contributed by atoms with E-state index in [2.05, 4.69) is 15.5 Å². The number of nitrogens with one attached hydrogen (secondary N) is 1. The SMILES string of the molecule is CCOC(=O)c1c(NC(=O)CSc2nnc(CCCOc3ccc(Cl)cc3Cl)n2C)sc2c1CCC2. The number of esters is 1. The van der Waals surface area contributed by atoms with Gasteiger partial charge in [0.05, 0.1) is 29.6 Å². The van der Waals surface area contributed by atoms with E-state index in [1.165, 1.54) is 23.1 Å². The van der Waals surface area contributed by atoms with Crippen molar-refractivity contribution in [3.63, 3.8) is 0 Å². The second-order valence-electron chi connectivity index (χ2n) is 8.10. The lowest BCUT2D eigenvalue weighted by Crippen LogP contribution is -2.17. The number of carbonyl (C=O) groups excluding carboxylic acids is 2. The molecule has 0 saturated heterocycles. The van der Waals surface area contributed by atoms with E-state index < -0.39 is 0 Å². The topological polar surface area (TPSA) is 95.3 Å². The van der Waals surface area contributed by atoms with E-state index in [1.807, 2.05) is 11.6 Å². The Morgan fingerprint density at radius 1 is 1.25 bits per heavy atom. The van der Waals surface area contributed by atoms with E-state index in [9.17, 15) is 9.59 Å². The summed E-state index contributed by atoms with van der Waals surface area (Å²) in [4.78, 5) is 26.3. The van der Waals surface area contributed by atoms with Crippen molar-refractivity contribution in [2.45, 2.75) is 44.2 Å². The van der Waals surface area contributed by atoms with Crippen LogP contribution in [0.3, 0.4) is 0 Å². The molecule has 1 aliphatic carbocycles. The van der Waals surface area contributed by atoms with Gasteiger partial charge in [-0.1, -0.05) is 35.0 Å². The van der Waals surface area contributed by atoms with E-state index in [0.717, 1.165) is 41.9 Å². The molecule has 4 rings (SSSR count). The van der Waals surface area contributed by atoms with Crippen molar-refractivity contribution in [3.05, 3.63) is 50.1 Å². The lowest BCUT2D eigenvalue weighted by Gasteiger charge is -2.09. The van der Waals surface area contributed by atoms with Crippen molar-refractivity contribution in [2.24, 2.45) is 7.05 Å². The largest absolute Gasteiger partial charge is 0.492 e. The molecule has 2 aromatic heterocycles. The Bertz CT molecular complexity index is 1260. The fraction of sp³-hybridized carbons (Fsp3) is 0.417. The molecular weight excluding hydrogens is 543 g/mol. The highest BCUT2D eigenvalue weighted by molar-refractivity contribution is 7.99. The highest BCUT2D eigenvalue weighted by Crippen LogP contribution is 2.39. The number of hydrogen-bond donors (Lipinski definition) is 1. The molecule has 36 heavy (non-hydrogen) atoms. The molecule has 0 fully saturated rings. The van der Waals surface area contributed by atoms with Gasteiger partial charge in [0, 0.05) is 23.4 Å². The summed E-state index contributed by atoms with van der Waals surface area (Å²) in [5.74, 6) is 0.948. The zero-order valence-electron chi connectivity index (χ0n) is 19.9. The molecule has 192 valence electrons. The van der Waals surface area contributed by atoms with E-state index in [4.69, 9.17) is 32.7 Å². The number of fused-ring (bicyclic) bond motifs is 1. The number of aryl methyl sites for hydroxylation is 2. The summed E-state index contributed by atoms with van der Waals surface area (Å²) in [6.45, 7) is 2.53. The number of hydrogen-bond acceptors (Lipinski definition) is 8. The number of benzene rings is 1. The normalized spacial score (nSPS) is 12.4. The second kappa shape index (κ2) is 12.3. The maximum absolute atomic E-state index is 12.7. The van der Waals surface area contributed by atoms with E-state index in [1.54, 1.807) is 25.1 Å². The lowest BCUT2D eigenvalue weighted by molar-refractivity contribution is -0.113. The minimum absolute atomic E-state index is 0.148. The number of carbonyl (C=O) groups is 2. The molecule has 1 aromatic carbocycles. The molecule has 0 unspecified atom stereocenters. The van der Waals surface area contributed by atoms with Crippen LogP contribution in [-0.2, 0) is 35.8 Å². The van der Waals surface area contributed by atoms with Gasteiger partial charge in [-0.15, -0.1) is 21.5 Å². The van der Waals surface area contributed by atoms with Crippen molar-refractivity contribution in [3.8, 4) is 5.75 Å². The zero-order chi connectivity index (χ0) is 25.7. The molecule has 3 aromatic rings. The van der Waals surface area contributed by atoms with Crippen LogP contribution in [0.25, 0.3) is 0 Å². The van der Waals surface area contributed by atoms with Crippen LogP contribution in [-0.4, -0.2) is 45.6 Å². The van der Waals surface area contributed by atoms with Crippen LogP contribution in [0.2, 0.25) is 10.0 Å². The quantitative estimate of drug-likeness (QED) is 0.183.